The van der Waals surface area contributed by atoms with Crippen LogP contribution in [0.2, 0.25) is 5.02 Å². The Morgan fingerprint density at radius 2 is 2.05 bits per heavy atom. The molecule has 0 fully saturated rings. The molecule has 2 heterocycles. The van der Waals surface area contributed by atoms with Crippen LogP contribution >= 0.6 is 23.4 Å². The van der Waals surface area contributed by atoms with Gasteiger partial charge in [0.05, 0.1) is 28.9 Å². The molecule has 3 N–H and O–H groups in total. The molecule has 0 aliphatic rings. The molecule has 0 aliphatic heterocycles. The fourth-order valence-corrected chi connectivity index (χ4v) is 4.11. The lowest BCUT2D eigenvalue weighted by Gasteiger charge is -2.13. The van der Waals surface area contributed by atoms with Gasteiger partial charge in [-0.1, -0.05) is 29.7 Å². The van der Waals surface area contributed by atoms with Crippen molar-refractivity contribution in [2.75, 3.05) is 24.4 Å². The average Bonchev–Trinajstić information content (AvgIpc) is 2.91. The Balaban J connectivity index is 1.46. The second-order valence-electron chi connectivity index (χ2n) is 7.58. The zero-order valence-electron chi connectivity index (χ0n) is 20.4. The van der Waals surface area contributed by atoms with E-state index in [1.165, 1.54) is 43.5 Å². The molecule has 0 radical (unpaired) electrons. The predicted octanol–water partition coefficient (Wildman–Crippen LogP) is 5.76. The summed E-state index contributed by atoms with van der Waals surface area (Å²) in [4.78, 5) is 17.7. The summed E-state index contributed by atoms with van der Waals surface area (Å²) in [6.45, 7) is 0.198. The highest BCUT2D eigenvalue weighted by molar-refractivity contribution is 7.98. The van der Waals surface area contributed by atoms with Gasteiger partial charge in [-0.05, 0) is 60.2 Å². The largest absolute Gasteiger partial charge is 0.487 e. The van der Waals surface area contributed by atoms with Gasteiger partial charge in [0, 0.05) is 5.69 Å². The number of rotatable bonds is 8. The van der Waals surface area contributed by atoms with Gasteiger partial charge >= 0.3 is 0 Å². The van der Waals surface area contributed by atoms with E-state index in [-0.39, 0.29) is 24.1 Å². The van der Waals surface area contributed by atoms with Crippen molar-refractivity contribution in [2.24, 2.45) is 0 Å². The van der Waals surface area contributed by atoms with E-state index < -0.39 is 0 Å². The number of halogens is 2. The topological polar surface area (TPSA) is 108 Å². The molecule has 2 aromatic carbocycles. The normalized spacial score (nSPS) is 10.6. The smallest absolute Gasteiger partial charge is 0.258 e. The summed E-state index contributed by atoms with van der Waals surface area (Å²) in [6, 6.07) is 11.5. The number of hydrogen-bond acceptors (Lipinski definition) is 9. The summed E-state index contributed by atoms with van der Waals surface area (Å²) in [5.41, 5.74) is 8.22. The first-order chi connectivity index (χ1) is 18.5. The van der Waals surface area contributed by atoms with Crippen LogP contribution in [0.25, 0.3) is 6.08 Å². The summed E-state index contributed by atoms with van der Waals surface area (Å²) >= 11 is 7.92. The number of nitrogens with zero attached hydrogens (tertiary/aromatic N) is 4. The molecule has 0 spiro atoms. The maximum Gasteiger partial charge on any atom is 0.258 e. The number of thioether (sulfide) groups is 1. The van der Waals surface area contributed by atoms with Gasteiger partial charge in [-0.2, -0.15) is 4.98 Å². The highest BCUT2D eigenvalue weighted by Crippen LogP contribution is 2.33. The molecule has 0 unspecified atom stereocenters. The van der Waals surface area contributed by atoms with Crippen LogP contribution in [0.5, 0.6) is 11.6 Å². The summed E-state index contributed by atoms with van der Waals surface area (Å²) in [5, 5.41) is 3.68. The van der Waals surface area contributed by atoms with Crippen molar-refractivity contribution in [2.45, 2.75) is 11.5 Å². The van der Waals surface area contributed by atoms with Gasteiger partial charge in [0.25, 0.3) is 5.88 Å². The number of benzene rings is 2. The van der Waals surface area contributed by atoms with Crippen LogP contribution in [0.15, 0.2) is 66.0 Å². The Hall–Kier alpha value is -4.33. The molecule has 38 heavy (non-hydrogen) atoms. The van der Waals surface area contributed by atoms with E-state index in [1.54, 1.807) is 36.4 Å². The molecule has 4 aromatic rings. The van der Waals surface area contributed by atoms with Crippen LogP contribution in [0, 0.1) is 17.7 Å². The standard InChI is InChI=1S/C27H22ClFN6O2S/c1-36-27-25(30)31-14-20(35-27)8-3-4-9-22-24(38-2)26(33-16-32-22)34-19-10-11-23(21(28)13-19)37-15-17-6-5-7-18(29)12-17/h4-7,9-14,16H,15H2,1-2H3,(H2,30,31)(H,32,33,34)/b9-4+. The molecule has 0 bridgehead atoms. The van der Waals surface area contributed by atoms with Crippen LogP contribution in [0.3, 0.4) is 0 Å². The Bertz CT molecular complexity index is 1540. The van der Waals surface area contributed by atoms with Crippen molar-refractivity contribution < 1.29 is 13.9 Å². The van der Waals surface area contributed by atoms with E-state index in [1.807, 2.05) is 12.3 Å². The molecule has 8 nitrogen and oxygen atoms in total. The van der Waals surface area contributed by atoms with Gasteiger partial charge in [0.1, 0.15) is 36.0 Å². The Morgan fingerprint density at radius 3 is 2.82 bits per heavy atom. The molecular formula is C27H22ClFN6O2S. The number of nitrogens with two attached hydrogens (primary N) is 1. The molecule has 0 aliphatic carbocycles. The lowest BCUT2D eigenvalue weighted by Crippen LogP contribution is -2.00. The molecule has 0 saturated carbocycles. The zero-order chi connectivity index (χ0) is 26.9. The maximum absolute atomic E-state index is 13.4. The van der Waals surface area contributed by atoms with Crippen molar-refractivity contribution >= 4 is 46.8 Å². The van der Waals surface area contributed by atoms with E-state index in [2.05, 4.69) is 37.1 Å². The van der Waals surface area contributed by atoms with Crippen LogP contribution < -0.4 is 20.5 Å². The second-order valence-corrected chi connectivity index (χ2v) is 8.81. The zero-order valence-corrected chi connectivity index (χ0v) is 22.0. The first-order valence-corrected chi connectivity index (χ1v) is 12.7. The lowest BCUT2D eigenvalue weighted by atomic mass is 10.2. The predicted molar refractivity (Wildman–Crippen MR) is 148 cm³/mol. The number of ether oxygens (including phenoxy) is 2. The van der Waals surface area contributed by atoms with E-state index >= 15 is 0 Å². The van der Waals surface area contributed by atoms with E-state index in [0.717, 1.165) is 4.90 Å². The fourth-order valence-electron chi connectivity index (χ4n) is 3.24. The summed E-state index contributed by atoms with van der Waals surface area (Å²) in [6.07, 6.45) is 8.31. The monoisotopic (exact) mass is 548 g/mol. The Labute approximate surface area is 228 Å². The summed E-state index contributed by atoms with van der Waals surface area (Å²) < 4.78 is 24.2. The number of anilines is 3. The number of hydrogen-bond donors (Lipinski definition) is 2. The quantitative estimate of drug-likeness (QED) is 0.210. The number of nitrogens with one attached hydrogen (secondary N) is 1. The molecule has 192 valence electrons. The summed E-state index contributed by atoms with van der Waals surface area (Å²) in [5.74, 6) is 7.00. The van der Waals surface area contributed by atoms with Crippen molar-refractivity contribution in [3.8, 4) is 23.5 Å². The third kappa shape index (κ3) is 6.91. The molecule has 0 atom stereocenters. The van der Waals surface area contributed by atoms with E-state index in [9.17, 15) is 4.39 Å². The highest BCUT2D eigenvalue weighted by atomic mass is 35.5. The van der Waals surface area contributed by atoms with Crippen molar-refractivity contribution in [1.82, 2.24) is 19.9 Å². The van der Waals surface area contributed by atoms with Gasteiger partial charge < -0.3 is 20.5 Å². The van der Waals surface area contributed by atoms with E-state index in [0.29, 0.717) is 39.2 Å². The first-order valence-electron chi connectivity index (χ1n) is 11.1. The number of aromatic nitrogens is 4. The molecule has 11 heteroatoms. The second kappa shape index (κ2) is 12.8. The van der Waals surface area contributed by atoms with Crippen LogP contribution in [0.4, 0.5) is 21.7 Å². The van der Waals surface area contributed by atoms with Crippen LogP contribution in [-0.4, -0.2) is 33.3 Å². The van der Waals surface area contributed by atoms with Crippen molar-refractivity contribution in [3.63, 3.8) is 0 Å². The number of allylic oxidation sites excluding steroid dienone is 1. The molecular weight excluding hydrogens is 527 g/mol. The first kappa shape index (κ1) is 26.7. The summed E-state index contributed by atoms with van der Waals surface area (Å²) in [7, 11) is 1.47. The van der Waals surface area contributed by atoms with Crippen molar-refractivity contribution in [1.29, 1.82) is 0 Å². The fraction of sp³-hybridized carbons (Fsp3) is 0.111. The van der Waals surface area contributed by atoms with Gasteiger partial charge in [-0.25, -0.2) is 19.3 Å². The van der Waals surface area contributed by atoms with Crippen molar-refractivity contribution in [3.05, 3.63) is 88.9 Å². The third-order valence-corrected chi connectivity index (χ3v) is 6.10. The van der Waals surface area contributed by atoms with E-state index in [4.69, 9.17) is 26.8 Å². The SMILES string of the molecule is COc1nc(C#C/C=C/c2ncnc(Nc3ccc(OCc4cccc(F)c4)c(Cl)c3)c2SC)cnc1N. The number of methoxy groups -OCH3 is 1. The van der Waals surface area contributed by atoms with Gasteiger partial charge in [-0.3, -0.25) is 0 Å². The van der Waals surface area contributed by atoms with Crippen LogP contribution in [-0.2, 0) is 6.61 Å². The van der Waals surface area contributed by atoms with Gasteiger partial charge in [-0.15, -0.1) is 11.8 Å². The molecule has 0 saturated heterocycles. The minimum Gasteiger partial charge on any atom is -0.487 e. The Morgan fingerprint density at radius 1 is 1.18 bits per heavy atom. The third-order valence-electron chi connectivity index (χ3n) is 5.00. The molecule has 0 amide bonds. The number of nitrogen functional groups attached to an aromatic ring is 1. The molecule has 2 aromatic heterocycles. The van der Waals surface area contributed by atoms with Gasteiger partial charge in [0.15, 0.2) is 5.82 Å². The Kier molecular flexibility index (Phi) is 8.98. The minimum absolute atomic E-state index is 0.198. The minimum atomic E-state index is -0.316. The lowest BCUT2D eigenvalue weighted by molar-refractivity contribution is 0.306. The van der Waals surface area contributed by atoms with Gasteiger partial charge in [0.2, 0.25) is 0 Å². The van der Waals surface area contributed by atoms with Crippen LogP contribution in [0.1, 0.15) is 17.0 Å². The highest BCUT2D eigenvalue weighted by Gasteiger charge is 2.11. The maximum atomic E-state index is 13.4. The average molecular weight is 549 g/mol. The molecule has 4 rings (SSSR count).